The third-order valence-electron chi connectivity index (χ3n) is 15.7. The maximum atomic E-state index is 4.96. The number of pyridine rings is 2. The van der Waals surface area contributed by atoms with Crippen LogP contribution in [0.25, 0.3) is 69.4 Å². The molecule has 1 unspecified atom stereocenters. The molecule has 5 aromatic carbocycles. The molecule has 1 aliphatic rings. The Kier molecular flexibility index (Phi) is 10.2. The van der Waals surface area contributed by atoms with Crippen LogP contribution in [0.4, 0.5) is 0 Å². The average molecular weight is 867 g/mol. The average Bonchev–Trinajstić information content (AvgIpc) is 4.01. The van der Waals surface area contributed by atoms with Crippen molar-refractivity contribution in [3.05, 3.63) is 186 Å². The van der Waals surface area contributed by atoms with Crippen molar-refractivity contribution >= 4 is 80.7 Å². The molecule has 324 valence electrons. The molecule has 0 amide bonds. The minimum Gasteiger partial charge on any atom is -0.333 e. The number of aryl methyl sites for hydroxylation is 2. The van der Waals surface area contributed by atoms with Gasteiger partial charge in [0.2, 0.25) is 0 Å². The van der Waals surface area contributed by atoms with Crippen LogP contribution in [0.2, 0.25) is 0 Å². The van der Waals surface area contributed by atoms with Crippen molar-refractivity contribution in [2.45, 2.75) is 97.6 Å². The van der Waals surface area contributed by atoms with Crippen LogP contribution in [-0.2, 0) is 23.9 Å². The lowest BCUT2D eigenvalue weighted by Gasteiger charge is -2.51. The molecule has 4 nitrogen and oxygen atoms in total. The fraction of sp³-hybridized carbons (Fsp3) is 0.267. The van der Waals surface area contributed by atoms with Gasteiger partial charge < -0.3 is 9.13 Å². The summed E-state index contributed by atoms with van der Waals surface area (Å²) in [5.41, 5.74) is 12.7. The molecule has 5 heterocycles. The molecule has 0 saturated heterocycles. The van der Waals surface area contributed by atoms with E-state index in [0.29, 0.717) is 0 Å². The van der Waals surface area contributed by atoms with Crippen molar-refractivity contribution in [1.82, 2.24) is 19.1 Å². The van der Waals surface area contributed by atoms with E-state index in [-0.39, 0.29) is 16.5 Å². The number of nitrogens with zero attached hydrogens (tertiary/aromatic N) is 4. The number of allylic oxidation sites excluding steroid dienone is 4. The molecule has 0 bridgehead atoms. The molecule has 5 aromatic heterocycles. The lowest BCUT2D eigenvalue weighted by Crippen LogP contribution is -2.47. The number of hydrogen-bond acceptors (Lipinski definition) is 3. The van der Waals surface area contributed by atoms with Gasteiger partial charge in [-0.25, -0.2) is 0 Å². The van der Waals surface area contributed by atoms with E-state index < -0.39 is 0 Å². The number of para-hydroxylation sites is 3. The summed E-state index contributed by atoms with van der Waals surface area (Å²) in [5.74, 6) is 0. The Morgan fingerprint density at radius 1 is 0.662 bits per heavy atom. The second-order valence-electron chi connectivity index (χ2n) is 19.1. The third kappa shape index (κ3) is 6.29. The summed E-state index contributed by atoms with van der Waals surface area (Å²) in [6, 6.07) is 48.1. The number of hydrogen-bond donors (Lipinski definition) is 0. The van der Waals surface area contributed by atoms with Crippen LogP contribution in [0.3, 0.4) is 0 Å². The van der Waals surface area contributed by atoms with Crippen molar-refractivity contribution in [3.63, 3.8) is 0 Å². The van der Waals surface area contributed by atoms with Crippen LogP contribution in [0.5, 0.6) is 0 Å². The van der Waals surface area contributed by atoms with E-state index in [2.05, 4.69) is 195 Å². The number of aromatic nitrogens is 4. The fourth-order valence-electron chi connectivity index (χ4n) is 12.4. The molecule has 2 atom stereocenters. The van der Waals surface area contributed by atoms with Crippen LogP contribution in [0.15, 0.2) is 164 Å². The number of fused-ring (bicyclic) bond motifs is 9. The molecule has 0 N–H and O–H groups in total. The summed E-state index contributed by atoms with van der Waals surface area (Å²) in [6.07, 6.45) is 17.8. The zero-order chi connectivity index (χ0) is 44.5. The van der Waals surface area contributed by atoms with E-state index in [9.17, 15) is 0 Å². The molecular formula is C60H58N4S. The van der Waals surface area contributed by atoms with E-state index >= 15 is 0 Å². The monoisotopic (exact) mass is 866 g/mol. The summed E-state index contributed by atoms with van der Waals surface area (Å²) >= 11 is 1.82. The second kappa shape index (κ2) is 16.0. The van der Waals surface area contributed by atoms with E-state index in [1.807, 2.05) is 29.9 Å². The van der Waals surface area contributed by atoms with Gasteiger partial charge in [-0.05, 0) is 123 Å². The van der Waals surface area contributed by atoms with Crippen molar-refractivity contribution in [2.75, 3.05) is 0 Å². The Bertz CT molecular complexity index is 3460. The van der Waals surface area contributed by atoms with Gasteiger partial charge in [-0.3, -0.25) is 9.97 Å². The highest BCUT2D eigenvalue weighted by Gasteiger charge is 2.48. The molecule has 0 saturated carbocycles. The Labute approximate surface area is 387 Å². The van der Waals surface area contributed by atoms with Crippen LogP contribution >= 0.6 is 11.3 Å². The van der Waals surface area contributed by atoms with Gasteiger partial charge in [0.05, 0.1) is 26.2 Å². The van der Waals surface area contributed by atoms with Crippen molar-refractivity contribution in [1.29, 1.82) is 0 Å². The molecule has 11 rings (SSSR count). The second-order valence-corrected chi connectivity index (χ2v) is 20.1. The zero-order valence-corrected chi connectivity index (χ0v) is 39.5. The van der Waals surface area contributed by atoms with Gasteiger partial charge in [0.1, 0.15) is 0 Å². The fourth-order valence-corrected chi connectivity index (χ4v) is 13.6. The Balaban J connectivity index is 1.00. The highest BCUT2D eigenvalue weighted by molar-refractivity contribution is 7.26. The van der Waals surface area contributed by atoms with E-state index in [1.54, 1.807) is 0 Å². The summed E-state index contributed by atoms with van der Waals surface area (Å²) in [4.78, 5) is 9.37. The number of rotatable bonds is 12. The zero-order valence-electron chi connectivity index (χ0n) is 38.7. The lowest BCUT2D eigenvalue weighted by atomic mass is 9.61. The molecule has 0 spiro atoms. The highest BCUT2D eigenvalue weighted by Crippen LogP contribution is 2.55. The molecule has 0 aliphatic heterocycles. The quantitative estimate of drug-likeness (QED) is 0.123. The van der Waals surface area contributed by atoms with Crippen LogP contribution in [0, 0.1) is 5.41 Å². The van der Waals surface area contributed by atoms with Gasteiger partial charge in [0.15, 0.2) is 0 Å². The first kappa shape index (κ1) is 41.4. The topological polar surface area (TPSA) is 35.6 Å². The first-order chi connectivity index (χ1) is 31.7. The normalized spacial score (nSPS) is 16.8. The van der Waals surface area contributed by atoms with Crippen molar-refractivity contribution < 1.29 is 0 Å². The van der Waals surface area contributed by atoms with E-state index in [4.69, 9.17) is 4.98 Å². The van der Waals surface area contributed by atoms with Gasteiger partial charge in [-0.2, -0.15) is 0 Å². The molecule has 0 fully saturated rings. The highest BCUT2D eigenvalue weighted by atomic mass is 32.1. The molecule has 0 radical (unpaired) electrons. The van der Waals surface area contributed by atoms with Crippen molar-refractivity contribution in [2.24, 2.45) is 5.41 Å². The third-order valence-corrected chi connectivity index (χ3v) is 16.9. The van der Waals surface area contributed by atoms with Crippen LogP contribution < -0.4 is 0 Å². The Morgan fingerprint density at radius 3 is 2.00 bits per heavy atom. The Hall–Kier alpha value is -6.30. The summed E-state index contributed by atoms with van der Waals surface area (Å²) in [7, 11) is 0. The van der Waals surface area contributed by atoms with Crippen molar-refractivity contribution in [3.8, 4) is 0 Å². The number of benzene rings is 5. The first-order valence-corrected chi connectivity index (χ1v) is 24.7. The van der Waals surface area contributed by atoms with E-state index in [0.717, 1.165) is 44.9 Å². The smallest absolute Gasteiger partial charge is 0.0675 e. The molecule has 10 aromatic rings. The van der Waals surface area contributed by atoms with E-state index in [1.165, 1.54) is 97.3 Å². The molecule has 65 heavy (non-hydrogen) atoms. The summed E-state index contributed by atoms with van der Waals surface area (Å²) in [6.45, 7) is 14.5. The maximum Gasteiger partial charge on any atom is 0.0675 e. The van der Waals surface area contributed by atoms with Gasteiger partial charge in [-0.15, -0.1) is 11.3 Å². The summed E-state index contributed by atoms with van der Waals surface area (Å²) < 4.78 is 7.93. The standard InChI is InChI=1S/C60H58N4S/c1-7-33-59(6,63-52-23-15-12-20-44(52)45-21-13-16-24-53(45)63)42-27-29-55-49(37-42)46-22-14-17-25-54(46)64(55)60(8-2,9-3)58(5)34-30-40(4)50(38-58)43-19-11-10-18-41(43)26-28-51-57-48(32-36-62-51)47-31-35-61-39-56(47)65-57/h10-25,27,29-32,34-37,39H,7-9,26,28,33,38H2,1-6H3/t58?,59-/m1/s1. The molecule has 5 heteroatoms. The van der Waals surface area contributed by atoms with Gasteiger partial charge >= 0.3 is 0 Å². The predicted octanol–water partition coefficient (Wildman–Crippen LogP) is 16.4. The minimum atomic E-state index is -0.262. The predicted molar refractivity (Wildman–Crippen MR) is 278 cm³/mol. The maximum absolute atomic E-state index is 4.96. The molecular weight excluding hydrogens is 809 g/mol. The van der Waals surface area contributed by atoms with Gasteiger partial charge in [0, 0.05) is 78.4 Å². The minimum absolute atomic E-state index is 0.177. The number of thiophene rings is 1. The van der Waals surface area contributed by atoms with Crippen LogP contribution in [0.1, 0.15) is 96.0 Å². The first-order valence-electron chi connectivity index (χ1n) is 23.8. The summed E-state index contributed by atoms with van der Waals surface area (Å²) in [5, 5.41) is 7.86. The Morgan fingerprint density at radius 2 is 1.29 bits per heavy atom. The largest absolute Gasteiger partial charge is 0.333 e. The lowest BCUT2D eigenvalue weighted by molar-refractivity contribution is 0.108. The van der Waals surface area contributed by atoms with Gasteiger partial charge in [-0.1, -0.05) is 131 Å². The van der Waals surface area contributed by atoms with Crippen LogP contribution in [-0.4, -0.2) is 19.1 Å². The molecule has 1 aliphatic carbocycles. The SMILES string of the molecule is CCC[C@](C)(c1ccc2c(c1)c1ccccc1n2C(CC)(CC)C1(C)C=CC(C)=C(c2ccccc2CCc2nccc3c2sc2cnccc23)C1)n1c2ccccc2c2ccccc21. The van der Waals surface area contributed by atoms with Gasteiger partial charge in [0.25, 0.3) is 0 Å².